The summed E-state index contributed by atoms with van der Waals surface area (Å²) in [7, 11) is 0. The van der Waals surface area contributed by atoms with Crippen molar-refractivity contribution in [1.82, 2.24) is 5.16 Å². The smallest absolute Gasteiger partial charge is 0.294 e. The molecule has 2 aromatic rings. The van der Waals surface area contributed by atoms with Gasteiger partial charge in [-0.15, -0.1) is 0 Å². The molecule has 0 saturated heterocycles. The summed E-state index contributed by atoms with van der Waals surface area (Å²) >= 11 is 0. The number of aryl methyl sites for hydroxylation is 2. The molecule has 0 aliphatic heterocycles. The van der Waals surface area contributed by atoms with Gasteiger partial charge in [-0.25, -0.2) is 0 Å². The van der Waals surface area contributed by atoms with Crippen LogP contribution in [0.1, 0.15) is 28.6 Å². The molecular formula is C13H14N2O2. The van der Waals surface area contributed by atoms with Crippen LogP contribution in [0.3, 0.4) is 0 Å². The summed E-state index contributed by atoms with van der Waals surface area (Å²) in [6, 6.07) is 7.71. The van der Waals surface area contributed by atoms with Gasteiger partial charge in [-0.1, -0.05) is 30.3 Å². The van der Waals surface area contributed by atoms with E-state index >= 15 is 0 Å². The van der Waals surface area contributed by atoms with Crippen LogP contribution < -0.4 is 5.32 Å². The summed E-state index contributed by atoms with van der Waals surface area (Å²) in [5, 5.41) is 6.42. The lowest BCUT2D eigenvalue weighted by Gasteiger charge is -2.08. The SMILES string of the molecule is CCc1ccccc1NC(=O)c1oncc1C. The maximum Gasteiger partial charge on any atom is 0.294 e. The van der Waals surface area contributed by atoms with Crippen LogP contribution >= 0.6 is 0 Å². The Morgan fingerprint density at radius 1 is 1.41 bits per heavy atom. The molecule has 0 spiro atoms. The van der Waals surface area contributed by atoms with Crippen LogP contribution in [0.2, 0.25) is 0 Å². The first kappa shape index (κ1) is 11.4. The zero-order chi connectivity index (χ0) is 12.3. The number of nitrogens with zero attached hydrogens (tertiary/aromatic N) is 1. The minimum atomic E-state index is -0.263. The molecule has 17 heavy (non-hydrogen) atoms. The predicted octanol–water partition coefficient (Wildman–Crippen LogP) is 2.80. The average Bonchev–Trinajstić information content (AvgIpc) is 2.76. The molecule has 1 amide bonds. The molecule has 2 rings (SSSR count). The van der Waals surface area contributed by atoms with Crippen LogP contribution in [0, 0.1) is 6.92 Å². The van der Waals surface area contributed by atoms with E-state index in [2.05, 4.69) is 10.5 Å². The Bertz CT molecular complexity index is 532. The topological polar surface area (TPSA) is 55.1 Å². The van der Waals surface area contributed by atoms with Gasteiger partial charge in [-0.3, -0.25) is 4.79 Å². The Kier molecular flexibility index (Phi) is 3.23. The standard InChI is InChI=1S/C13H14N2O2/c1-3-10-6-4-5-7-11(10)15-13(16)12-9(2)8-14-17-12/h4-8H,3H2,1-2H3,(H,15,16). The third-order valence-electron chi connectivity index (χ3n) is 2.60. The van der Waals surface area contributed by atoms with Crippen molar-refractivity contribution in [2.75, 3.05) is 5.32 Å². The molecule has 1 heterocycles. The Balaban J connectivity index is 2.22. The van der Waals surface area contributed by atoms with Crippen molar-refractivity contribution in [2.45, 2.75) is 20.3 Å². The number of amides is 1. The monoisotopic (exact) mass is 230 g/mol. The van der Waals surface area contributed by atoms with E-state index in [0.717, 1.165) is 23.2 Å². The summed E-state index contributed by atoms with van der Waals surface area (Å²) in [6.45, 7) is 3.84. The molecule has 88 valence electrons. The molecule has 0 aliphatic rings. The van der Waals surface area contributed by atoms with E-state index in [-0.39, 0.29) is 11.7 Å². The zero-order valence-corrected chi connectivity index (χ0v) is 9.86. The number of carbonyl (C=O) groups is 1. The van der Waals surface area contributed by atoms with Crippen LogP contribution in [0.15, 0.2) is 35.0 Å². The van der Waals surface area contributed by atoms with Gasteiger partial charge in [-0.2, -0.15) is 0 Å². The summed E-state index contributed by atoms with van der Waals surface area (Å²) in [6.07, 6.45) is 2.40. The highest BCUT2D eigenvalue weighted by Crippen LogP contribution is 2.17. The second-order valence-electron chi connectivity index (χ2n) is 3.80. The van der Waals surface area contributed by atoms with Crippen molar-refractivity contribution < 1.29 is 9.32 Å². The van der Waals surface area contributed by atoms with Crippen molar-refractivity contribution in [1.29, 1.82) is 0 Å². The molecule has 1 N–H and O–H groups in total. The van der Waals surface area contributed by atoms with Gasteiger partial charge in [-0.05, 0) is 25.0 Å². The second-order valence-corrected chi connectivity index (χ2v) is 3.80. The first-order valence-electron chi connectivity index (χ1n) is 5.53. The molecule has 1 aromatic carbocycles. The first-order valence-corrected chi connectivity index (χ1v) is 5.53. The van der Waals surface area contributed by atoms with Crippen LogP contribution in [0.25, 0.3) is 0 Å². The van der Waals surface area contributed by atoms with Gasteiger partial charge in [0.1, 0.15) is 0 Å². The molecular weight excluding hydrogens is 216 g/mol. The van der Waals surface area contributed by atoms with Gasteiger partial charge in [0.2, 0.25) is 5.76 Å². The normalized spacial score (nSPS) is 10.2. The molecule has 0 atom stereocenters. The van der Waals surface area contributed by atoms with Crippen LogP contribution in [0.5, 0.6) is 0 Å². The lowest BCUT2D eigenvalue weighted by molar-refractivity contribution is 0.0987. The Morgan fingerprint density at radius 3 is 2.82 bits per heavy atom. The minimum absolute atomic E-state index is 0.260. The van der Waals surface area contributed by atoms with Crippen LogP contribution in [0.4, 0.5) is 5.69 Å². The maximum atomic E-state index is 11.9. The summed E-state index contributed by atoms with van der Waals surface area (Å²) in [4.78, 5) is 11.9. The molecule has 0 aliphatic carbocycles. The Morgan fingerprint density at radius 2 is 2.18 bits per heavy atom. The predicted molar refractivity (Wildman–Crippen MR) is 65.0 cm³/mol. The number of nitrogens with one attached hydrogen (secondary N) is 1. The molecule has 4 heteroatoms. The van der Waals surface area contributed by atoms with E-state index in [1.165, 1.54) is 6.20 Å². The lowest BCUT2D eigenvalue weighted by atomic mass is 10.1. The van der Waals surface area contributed by atoms with E-state index < -0.39 is 0 Å². The van der Waals surface area contributed by atoms with Gasteiger partial charge in [0, 0.05) is 11.3 Å². The van der Waals surface area contributed by atoms with E-state index in [1.807, 2.05) is 31.2 Å². The number of hydrogen-bond donors (Lipinski definition) is 1. The summed E-state index contributed by atoms with van der Waals surface area (Å²) in [5.41, 5.74) is 2.64. The highest BCUT2D eigenvalue weighted by atomic mass is 16.5. The van der Waals surface area contributed by atoms with E-state index in [1.54, 1.807) is 6.92 Å². The third-order valence-corrected chi connectivity index (χ3v) is 2.60. The number of aromatic nitrogens is 1. The van der Waals surface area contributed by atoms with Crippen molar-refractivity contribution >= 4 is 11.6 Å². The van der Waals surface area contributed by atoms with Gasteiger partial charge in [0.05, 0.1) is 6.20 Å². The minimum Gasteiger partial charge on any atom is -0.351 e. The van der Waals surface area contributed by atoms with Gasteiger partial charge < -0.3 is 9.84 Å². The largest absolute Gasteiger partial charge is 0.351 e. The Hall–Kier alpha value is -2.10. The lowest BCUT2D eigenvalue weighted by Crippen LogP contribution is -2.13. The maximum absolute atomic E-state index is 11.9. The molecule has 0 bridgehead atoms. The third kappa shape index (κ3) is 2.36. The fraction of sp³-hybridized carbons (Fsp3) is 0.231. The zero-order valence-electron chi connectivity index (χ0n) is 9.86. The summed E-state index contributed by atoms with van der Waals surface area (Å²) in [5.74, 6) is -0.00296. The van der Waals surface area contributed by atoms with E-state index in [4.69, 9.17) is 4.52 Å². The van der Waals surface area contributed by atoms with Crippen LogP contribution in [-0.4, -0.2) is 11.1 Å². The quantitative estimate of drug-likeness (QED) is 0.882. The number of carbonyl (C=O) groups excluding carboxylic acids is 1. The number of benzene rings is 1. The number of anilines is 1. The van der Waals surface area contributed by atoms with Gasteiger partial charge >= 0.3 is 0 Å². The molecule has 0 fully saturated rings. The van der Waals surface area contributed by atoms with E-state index in [0.29, 0.717) is 0 Å². The van der Waals surface area contributed by atoms with Gasteiger partial charge in [0.15, 0.2) is 0 Å². The number of hydrogen-bond acceptors (Lipinski definition) is 3. The number of rotatable bonds is 3. The first-order chi connectivity index (χ1) is 8.22. The van der Waals surface area contributed by atoms with Gasteiger partial charge in [0.25, 0.3) is 5.91 Å². The highest BCUT2D eigenvalue weighted by Gasteiger charge is 2.15. The molecule has 0 saturated carbocycles. The molecule has 0 radical (unpaired) electrons. The summed E-state index contributed by atoms with van der Waals surface area (Å²) < 4.78 is 4.91. The van der Waals surface area contributed by atoms with Crippen molar-refractivity contribution in [2.24, 2.45) is 0 Å². The average molecular weight is 230 g/mol. The fourth-order valence-corrected chi connectivity index (χ4v) is 1.64. The van der Waals surface area contributed by atoms with Crippen molar-refractivity contribution in [3.63, 3.8) is 0 Å². The van der Waals surface area contributed by atoms with Crippen LogP contribution in [-0.2, 0) is 6.42 Å². The molecule has 0 unspecified atom stereocenters. The fourth-order valence-electron chi connectivity index (χ4n) is 1.64. The molecule has 4 nitrogen and oxygen atoms in total. The van der Waals surface area contributed by atoms with E-state index in [9.17, 15) is 4.79 Å². The van der Waals surface area contributed by atoms with Crippen molar-refractivity contribution in [3.8, 4) is 0 Å². The van der Waals surface area contributed by atoms with Crippen molar-refractivity contribution in [3.05, 3.63) is 47.3 Å². The Labute approximate surface area is 99.6 Å². The second kappa shape index (κ2) is 4.82. The number of para-hydroxylation sites is 1. The highest BCUT2D eigenvalue weighted by molar-refractivity contribution is 6.03. The molecule has 1 aromatic heterocycles.